The van der Waals surface area contributed by atoms with Crippen molar-refractivity contribution in [3.8, 4) is 0 Å². The van der Waals surface area contributed by atoms with Gasteiger partial charge in [-0.15, -0.1) is 0 Å². The second-order valence-corrected chi connectivity index (χ2v) is 7.71. The number of fused-ring (bicyclic) bond motifs is 1. The highest BCUT2D eigenvalue weighted by Crippen LogP contribution is 2.25. The third-order valence-corrected chi connectivity index (χ3v) is 5.78. The number of hydrogen-bond acceptors (Lipinski definition) is 5. The summed E-state index contributed by atoms with van der Waals surface area (Å²) in [4.78, 5) is 47.6. The second kappa shape index (κ2) is 8.86. The van der Waals surface area contributed by atoms with Gasteiger partial charge in [0.1, 0.15) is 11.5 Å². The standard InChI is InChI=1S/C23H27N5O4/c1-4-18-21(27(5-2)16(3)29)28-15-17(8-9-20(28)24-18)22(30)25-10-12-26(13-11-25)23(31)19-7-6-14-32-19/h6-9,14-15H,4-5,10-13H2,1-3H3. The Morgan fingerprint density at radius 3 is 2.28 bits per heavy atom. The highest BCUT2D eigenvalue weighted by molar-refractivity contribution is 5.96. The molecule has 32 heavy (non-hydrogen) atoms. The summed E-state index contributed by atoms with van der Waals surface area (Å²) in [5.74, 6) is 0.669. The first kappa shape index (κ1) is 21.6. The number of pyridine rings is 1. The van der Waals surface area contributed by atoms with Crippen molar-refractivity contribution in [2.75, 3.05) is 37.6 Å². The predicted molar refractivity (Wildman–Crippen MR) is 119 cm³/mol. The van der Waals surface area contributed by atoms with Crippen LogP contribution in [0.2, 0.25) is 0 Å². The third kappa shape index (κ3) is 3.86. The molecule has 168 valence electrons. The van der Waals surface area contributed by atoms with E-state index in [1.165, 1.54) is 13.2 Å². The van der Waals surface area contributed by atoms with Crippen LogP contribution < -0.4 is 4.90 Å². The van der Waals surface area contributed by atoms with Gasteiger partial charge in [0, 0.05) is 45.8 Å². The fourth-order valence-corrected chi connectivity index (χ4v) is 4.10. The van der Waals surface area contributed by atoms with Gasteiger partial charge in [0.2, 0.25) is 5.91 Å². The molecule has 3 amide bonds. The van der Waals surface area contributed by atoms with Gasteiger partial charge in [0.15, 0.2) is 5.76 Å². The van der Waals surface area contributed by atoms with Crippen molar-refractivity contribution in [3.63, 3.8) is 0 Å². The molecule has 0 bridgehead atoms. The fourth-order valence-electron chi connectivity index (χ4n) is 4.10. The first-order chi connectivity index (χ1) is 15.4. The number of furan rings is 1. The Bertz CT molecular complexity index is 1140. The number of nitrogens with zero attached hydrogens (tertiary/aromatic N) is 5. The molecule has 0 N–H and O–H groups in total. The summed E-state index contributed by atoms with van der Waals surface area (Å²) in [6.45, 7) is 7.72. The van der Waals surface area contributed by atoms with Crippen molar-refractivity contribution >= 4 is 29.2 Å². The Hall–Kier alpha value is -3.62. The number of anilines is 1. The van der Waals surface area contributed by atoms with E-state index < -0.39 is 0 Å². The van der Waals surface area contributed by atoms with Crippen molar-refractivity contribution in [1.82, 2.24) is 19.2 Å². The van der Waals surface area contributed by atoms with Gasteiger partial charge in [-0.05, 0) is 37.6 Å². The lowest BCUT2D eigenvalue weighted by Gasteiger charge is -2.34. The number of carbonyl (C=O) groups excluding carboxylic acids is 3. The van der Waals surface area contributed by atoms with Crippen molar-refractivity contribution < 1.29 is 18.8 Å². The van der Waals surface area contributed by atoms with E-state index in [1.807, 2.05) is 18.2 Å². The molecule has 1 aliphatic heterocycles. The molecule has 0 aliphatic carbocycles. The lowest BCUT2D eigenvalue weighted by Crippen LogP contribution is -2.50. The summed E-state index contributed by atoms with van der Waals surface area (Å²) in [5, 5.41) is 0. The van der Waals surface area contributed by atoms with Crippen molar-refractivity contribution in [1.29, 1.82) is 0 Å². The molecule has 0 unspecified atom stereocenters. The monoisotopic (exact) mass is 437 g/mol. The topological polar surface area (TPSA) is 91.4 Å². The number of amides is 3. The smallest absolute Gasteiger partial charge is 0.289 e. The van der Waals surface area contributed by atoms with Gasteiger partial charge in [0.05, 0.1) is 17.5 Å². The van der Waals surface area contributed by atoms with Gasteiger partial charge in [-0.3, -0.25) is 23.7 Å². The number of carbonyl (C=O) groups is 3. The largest absolute Gasteiger partial charge is 0.459 e. The lowest BCUT2D eigenvalue weighted by molar-refractivity contribution is -0.116. The molecule has 1 saturated heterocycles. The maximum atomic E-state index is 13.2. The van der Waals surface area contributed by atoms with E-state index in [0.29, 0.717) is 61.9 Å². The van der Waals surface area contributed by atoms with E-state index in [-0.39, 0.29) is 17.7 Å². The number of aryl methyl sites for hydroxylation is 1. The van der Waals surface area contributed by atoms with Gasteiger partial charge in [-0.1, -0.05) is 6.92 Å². The average molecular weight is 438 g/mol. The van der Waals surface area contributed by atoms with Crippen LogP contribution in [0.25, 0.3) is 5.65 Å². The summed E-state index contributed by atoms with van der Waals surface area (Å²) in [6.07, 6.45) is 3.91. The first-order valence-electron chi connectivity index (χ1n) is 10.9. The van der Waals surface area contributed by atoms with Crippen LogP contribution in [0.15, 0.2) is 41.1 Å². The minimum absolute atomic E-state index is 0.0712. The van der Waals surface area contributed by atoms with Gasteiger partial charge in [0.25, 0.3) is 11.8 Å². The molecular formula is C23H27N5O4. The van der Waals surface area contributed by atoms with Crippen LogP contribution in [0.3, 0.4) is 0 Å². The maximum absolute atomic E-state index is 13.2. The van der Waals surface area contributed by atoms with Crippen LogP contribution >= 0.6 is 0 Å². The zero-order chi connectivity index (χ0) is 22.8. The first-order valence-corrected chi connectivity index (χ1v) is 10.9. The van der Waals surface area contributed by atoms with E-state index in [2.05, 4.69) is 4.98 Å². The van der Waals surface area contributed by atoms with E-state index in [0.717, 1.165) is 5.69 Å². The predicted octanol–water partition coefficient (Wildman–Crippen LogP) is 2.46. The molecule has 0 radical (unpaired) electrons. The van der Waals surface area contributed by atoms with Crippen LogP contribution in [0.4, 0.5) is 5.82 Å². The number of imidazole rings is 1. The molecular weight excluding hydrogens is 410 g/mol. The summed E-state index contributed by atoms with van der Waals surface area (Å²) >= 11 is 0. The highest BCUT2D eigenvalue weighted by Gasteiger charge is 2.27. The molecule has 3 aromatic rings. The van der Waals surface area contributed by atoms with Crippen LogP contribution in [0.1, 0.15) is 47.4 Å². The van der Waals surface area contributed by atoms with Crippen LogP contribution in [0.5, 0.6) is 0 Å². The van der Waals surface area contributed by atoms with Crippen LogP contribution in [-0.4, -0.2) is 69.6 Å². The van der Waals surface area contributed by atoms with Crippen molar-refractivity contribution in [2.45, 2.75) is 27.2 Å². The number of aromatic nitrogens is 2. The fraction of sp³-hybridized carbons (Fsp3) is 0.391. The van der Waals surface area contributed by atoms with Gasteiger partial charge in [-0.25, -0.2) is 4.98 Å². The Kier molecular flexibility index (Phi) is 5.98. The third-order valence-electron chi connectivity index (χ3n) is 5.78. The Morgan fingerprint density at radius 2 is 1.72 bits per heavy atom. The molecule has 9 heteroatoms. The highest BCUT2D eigenvalue weighted by atomic mass is 16.3. The minimum Gasteiger partial charge on any atom is -0.459 e. The Labute approximate surface area is 186 Å². The van der Waals surface area contributed by atoms with E-state index in [9.17, 15) is 14.4 Å². The number of piperazine rings is 1. The minimum atomic E-state index is -0.164. The van der Waals surface area contributed by atoms with Crippen molar-refractivity contribution in [2.24, 2.45) is 0 Å². The SMILES string of the molecule is CCc1nc2ccc(C(=O)N3CCN(C(=O)c4ccco4)CC3)cn2c1N(CC)C(C)=O. The normalized spacial score (nSPS) is 14.1. The summed E-state index contributed by atoms with van der Waals surface area (Å²) in [6, 6.07) is 6.89. The summed E-state index contributed by atoms with van der Waals surface area (Å²) in [5.41, 5.74) is 2.03. The lowest BCUT2D eigenvalue weighted by atomic mass is 10.2. The zero-order valence-electron chi connectivity index (χ0n) is 18.6. The zero-order valence-corrected chi connectivity index (χ0v) is 18.6. The molecule has 0 spiro atoms. The quantitative estimate of drug-likeness (QED) is 0.612. The van der Waals surface area contributed by atoms with Gasteiger partial charge in [-0.2, -0.15) is 0 Å². The van der Waals surface area contributed by atoms with Crippen LogP contribution in [0, 0.1) is 0 Å². The van der Waals surface area contributed by atoms with E-state index >= 15 is 0 Å². The summed E-state index contributed by atoms with van der Waals surface area (Å²) < 4.78 is 7.02. The molecule has 1 fully saturated rings. The van der Waals surface area contributed by atoms with E-state index in [4.69, 9.17) is 4.42 Å². The molecule has 0 saturated carbocycles. The molecule has 0 aromatic carbocycles. The second-order valence-electron chi connectivity index (χ2n) is 7.71. The Morgan fingerprint density at radius 1 is 1.03 bits per heavy atom. The molecule has 1 aliphatic rings. The van der Waals surface area contributed by atoms with E-state index in [1.54, 1.807) is 45.2 Å². The summed E-state index contributed by atoms with van der Waals surface area (Å²) in [7, 11) is 0. The van der Waals surface area contributed by atoms with Gasteiger partial charge >= 0.3 is 0 Å². The number of hydrogen-bond donors (Lipinski definition) is 0. The molecule has 4 rings (SSSR count). The molecule has 4 heterocycles. The molecule has 9 nitrogen and oxygen atoms in total. The van der Waals surface area contributed by atoms with Crippen molar-refractivity contribution in [3.05, 3.63) is 53.7 Å². The van der Waals surface area contributed by atoms with Crippen LogP contribution in [-0.2, 0) is 11.2 Å². The molecule has 0 atom stereocenters. The number of rotatable bonds is 5. The molecule has 3 aromatic heterocycles. The Balaban J connectivity index is 1.55. The average Bonchev–Trinajstić information content (AvgIpc) is 3.47. The maximum Gasteiger partial charge on any atom is 0.289 e. The van der Waals surface area contributed by atoms with Gasteiger partial charge < -0.3 is 14.2 Å².